The minimum Gasteiger partial charge on any atom is -0.346 e. The van der Waals surface area contributed by atoms with Crippen LogP contribution in [0.25, 0.3) is 11.0 Å². The molecule has 2 amide bonds. The molecule has 0 aliphatic carbocycles. The number of hydrogen-bond donors (Lipinski definition) is 1. The maximum atomic E-state index is 14.1. The number of hydrogen-bond acceptors (Lipinski definition) is 3. The van der Waals surface area contributed by atoms with Crippen LogP contribution >= 0.6 is 0 Å². The van der Waals surface area contributed by atoms with Gasteiger partial charge in [-0.25, -0.2) is 4.98 Å². The Morgan fingerprint density at radius 3 is 2.23 bits per heavy atom. The van der Waals surface area contributed by atoms with Crippen molar-refractivity contribution >= 4 is 22.8 Å². The van der Waals surface area contributed by atoms with E-state index in [9.17, 15) is 9.59 Å². The summed E-state index contributed by atoms with van der Waals surface area (Å²) in [5.41, 5.74) is 3.94. The molecule has 6 nitrogen and oxygen atoms in total. The second kappa shape index (κ2) is 10.1. The third kappa shape index (κ3) is 5.11. The van der Waals surface area contributed by atoms with Gasteiger partial charge in [0, 0.05) is 50.9 Å². The van der Waals surface area contributed by atoms with Crippen LogP contribution in [0.2, 0.25) is 0 Å². The van der Waals surface area contributed by atoms with E-state index in [1.807, 2.05) is 88.9 Å². The van der Waals surface area contributed by atoms with Crippen LogP contribution in [0.1, 0.15) is 29.5 Å². The van der Waals surface area contributed by atoms with Gasteiger partial charge in [0.05, 0.1) is 5.92 Å². The van der Waals surface area contributed by atoms with E-state index in [2.05, 4.69) is 16.0 Å². The molecule has 0 spiro atoms. The molecule has 6 heteroatoms. The minimum absolute atomic E-state index is 0.0474. The van der Waals surface area contributed by atoms with E-state index in [1.54, 1.807) is 6.92 Å². The Bertz CT molecular complexity index is 1260. The molecule has 0 radical (unpaired) electrons. The van der Waals surface area contributed by atoms with Crippen molar-refractivity contribution < 1.29 is 9.59 Å². The number of nitrogens with zero attached hydrogens (tertiary/aromatic N) is 3. The molecule has 1 aliphatic heterocycles. The lowest BCUT2D eigenvalue weighted by Gasteiger charge is -2.29. The zero-order valence-electron chi connectivity index (χ0n) is 19.9. The van der Waals surface area contributed by atoms with E-state index in [1.165, 1.54) is 0 Å². The van der Waals surface area contributed by atoms with Crippen molar-refractivity contribution in [1.82, 2.24) is 19.8 Å². The predicted molar refractivity (Wildman–Crippen MR) is 137 cm³/mol. The lowest BCUT2D eigenvalue weighted by molar-refractivity contribution is -0.133. The standard InChI is InChI=1S/C29H30N4O2/c1-21(34)32-14-15-33(20-23(19-32)16-22-17-26-12-13-30-28(26)31-18-22)29(35)27(24-8-4-2-5-9-24)25-10-6-3-7-11-25/h2-13,17-18,23,27H,14-16,19-20H2,1H3,(H,30,31)/t23-/m1/s1. The highest BCUT2D eigenvalue weighted by atomic mass is 16.2. The fourth-order valence-electron chi connectivity index (χ4n) is 5.10. The number of carbonyl (C=O) groups is 2. The van der Waals surface area contributed by atoms with Gasteiger partial charge in [0.1, 0.15) is 5.65 Å². The Morgan fingerprint density at radius 1 is 0.943 bits per heavy atom. The summed E-state index contributed by atoms with van der Waals surface area (Å²) in [5, 5.41) is 1.07. The highest BCUT2D eigenvalue weighted by Gasteiger charge is 2.32. The van der Waals surface area contributed by atoms with Crippen molar-refractivity contribution in [3.05, 3.63) is 102 Å². The number of aromatic amines is 1. The first-order valence-electron chi connectivity index (χ1n) is 12.1. The summed E-state index contributed by atoms with van der Waals surface area (Å²) in [7, 11) is 0. The van der Waals surface area contributed by atoms with Crippen LogP contribution in [-0.2, 0) is 16.0 Å². The Labute approximate surface area is 205 Å². The van der Waals surface area contributed by atoms with Gasteiger partial charge >= 0.3 is 0 Å². The first-order valence-corrected chi connectivity index (χ1v) is 12.1. The topological polar surface area (TPSA) is 69.3 Å². The number of nitrogens with one attached hydrogen (secondary N) is 1. The number of H-pyrrole nitrogens is 1. The van der Waals surface area contributed by atoms with Crippen molar-refractivity contribution in [1.29, 1.82) is 0 Å². The van der Waals surface area contributed by atoms with Gasteiger partial charge in [-0.1, -0.05) is 60.7 Å². The van der Waals surface area contributed by atoms with Gasteiger partial charge in [0.15, 0.2) is 0 Å². The van der Waals surface area contributed by atoms with Gasteiger partial charge in [0.2, 0.25) is 11.8 Å². The Balaban J connectivity index is 1.43. The molecule has 2 aromatic heterocycles. The predicted octanol–water partition coefficient (Wildman–Crippen LogP) is 4.24. The van der Waals surface area contributed by atoms with Crippen molar-refractivity contribution in [2.45, 2.75) is 19.3 Å². The van der Waals surface area contributed by atoms with Gasteiger partial charge in [0.25, 0.3) is 0 Å². The zero-order valence-corrected chi connectivity index (χ0v) is 19.9. The van der Waals surface area contributed by atoms with Crippen LogP contribution in [0.15, 0.2) is 85.2 Å². The molecular formula is C29H30N4O2. The molecule has 0 saturated carbocycles. The van der Waals surface area contributed by atoms with Crippen molar-refractivity contribution in [3.63, 3.8) is 0 Å². The number of pyridine rings is 1. The molecule has 178 valence electrons. The van der Waals surface area contributed by atoms with E-state index in [0.717, 1.165) is 34.1 Å². The van der Waals surface area contributed by atoms with Crippen LogP contribution in [0, 0.1) is 5.92 Å². The van der Waals surface area contributed by atoms with Crippen LogP contribution in [0.5, 0.6) is 0 Å². The molecule has 1 atom stereocenters. The Hall–Kier alpha value is -3.93. The summed E-state index contributed by atoms with van der Waals surface area (Å²) in [6, 6.07) is 24.1. The van der Waals surface area contributed by atoms with Gasteiger partial charge in [-0.15, -0.1) is 0 Å². The zero-order chi connectivity index (χ0) is 24.2. The summed E-state index contributed by atoms with van der Waals surface area (Å²) in [5.74, 6) is -0.126. The Morgan fingerprint density at radius 2 is 1.57 bits per heavy atom. The number of fused-ring (bicyclic) bond motifs is 1. The van der Waals surface area contributed by atoms with Crippen molar-refractivity contribution in [2.75, 3.05) is 26.2 Å². The average Bonchev–Trinajstić information content (AvgIpc) is 3.24. The van der Waals surface area contributed by atoms with Gasteiger partial charge in [-0.3, -0.25) is 9.59 Å². The second-order valence-corrected chi connectivity index (χ2v) is 9.33. The fourth-order valence-corrected chi connectivity index (χ4v) is 5.10. The summed E-state index contributed by atoms with van der Waals surface area (Å²) < 4.78 is 0. The fraction of sp³-hybridized carbons (Fsp3) is 0.276. The molecule has 0 bridgehead atoms. The first-order chi connectivity index (χ1) is 17.1. The normalized spacial score (nSPS) is 16.5. The average molecular weight is 467 g/mol. The van der Waals surface area contributed by atoms with E-state index in [-0.39, 0.29) is 23.7 Å². The highest BCUT2D eigenvalue weighted by molar-refractivity contribution is 5.87. The quantitative estimate of drug-likeness (QED) is 0.478. The maximum Gasteiger partial charge on any atom is 0.234 e. The van der Waals surface area contributed by atoms with Crippen molar-refractivity contribution in [3.8, 4) is 0 Å². The van der Waals surface area contributed by atoms with Crippen LogP contribution in [-0.4, -0.2) is 57.8 Å². The molecule has 1 fully saturated rings. The van der Waals surface area contributed by atoms with Crippen molar-refractivity contribution in [2.24, 2.45) is 5.92 Å². The minimum atomic E-state index is -0.375. The summed E-state index contributed by atoms with van der Waals surface area (Å²) >= 11 is 0. The van der Waals surface area contributed by atoms with Gasteiger partial charge in [-0.05, 0) is 41.2 Å². The third-order valence-corrected chi connectivity index (χ3v) is 6.85. The molecule has 5 rings (SSSR count). The number of rotatable bonds is 5. The van der Waals surface area contributed by atoms with E-state index in [4.69, 9.17) is 0 Å². The molecule has 1 N–H and O–H groups in total. The SMILES string of the molecule is CC(=O)N1CCN(C(=O)C(c2ccccc2)c2ccccc2)C[C@H](Cc2cnc3[nH]ccc3c2)C1. The summed E-state index contributed by atoms with van der Waals surface area (Å²) in [4.78, 5) is 37.9. The van der Waals surface area contributed by atoms with Crippen LogP contribution < -0.4 is 0 Å². The lowest BCUT2D eigenvalue weighted by Crippen LogP contribution is -2.40. The number of aromatic nitrogens is 2. The van der Waals surface area contributed by atoms with E-state index in [0.29, 0.717) is 26.2 Å². The molecule has 2 aromatic carbocycles. The number of carbonyl (C=O) groups excluding carboxylic acids is 2. The summed E-state index contributed by atoms with van der Waals surface area (Å²) in [6.07, 6.45) is 4.53. The lowest BCUT2D eigenvalue weighted by atomic mass is 9.89. The first kappa shape index (κ1) is 22.8. The third-order valence-electron chi connectivity index (χ3n) is 6.85. The Kier molecular flexibility index (Phi) is 6.62. The maximum absolute atomic E-state index is 14.1. The number of benzene rings is 2. The number of amides is 2. The van der Waals surface area contributed by atoms with E-state index >= 15 is 0 Å². The smallest absolute Gasteiger partial charge is 0.234 e. The van der Waals surface area contributed by atoms with Crippen LogP contribution in [0.4, 0.5) is 0 Å². The molecular weight excluding hydrogens is 436 g/mol. The second-order valence-electron chi connectivity index (χ2n) is 9.33. The molecule has 1 saturated heterocycles. The molecule has 4 aromatic rings. The molecule has 1 aliphatic rings. The van der Waals surface area contributed by atoms with Gasteiger partial charge < -0.3 is 14.8 Å². The highest BCUT2D eigenvalue weighted by Crippen LogP contribution is 2.28. The largest absolute Gasteiger partial charge is 0.346 e. The molecule has 35 heavy (non-hydrogen) atoms. The monoisotopic (exact) mass is 466 g/mol. The molecule has 3 heterocycles. The molecule has 0 unspecified atom stereocenters. The van der Waals surface area contributed by atoms with E-state index < -0.39 is 0 Å². The summed E-state index contributed by atoms with van der Waals surface area (Å²) in [6.45, 7) is 3.91. The van der Waals surface area contributed by atoms with Gasteiger partial charge in [-0.2, -0.15) is 0 Å². The van der Waals surface area contributed by atoms with Crippen LogP contribution in [0.3, 0.4) is 0 Å².